The number of piperidine rings is 1. The van der Waals surface area contributed by atoms with Crippen LogP contribution in [0.25, 0.3) is 0 Å². The molecule has 2 aromatic heterocycles. The summed E-state index contributed by atoms with van der Waals surface area (Å²) in [5.74, 6) is 0.602. The van der Waals surface area contributed by atoms with Crippen molar-refractivity contribution in [2.45, 2.75) is 45.2 Å². The minimum absolute atomic E-state index is 0.117. The van der Waals surface area contributed by atoms with E-state index in [1.807, 2.05) is 6.07 Å². The lowest BCUT2D eigenvalue weighted by atomic mass is 10.0. The number of hydrogen-bond acceptors (Lipinski definition) is 5. The quantitative estimate of drug-likeness (QED) is 0.646. The van der Waals surface area contributed by atoms with Gasteiger partial charge in [-0.05, 0) is 49.9 Å². The Balaban J connectivity index is 1.51. The van der Waals surface area contributed by atoms with Gasteiger partial charge in [0.1, 0.15) is 24.2 Å². The first-order valence-electron chi connectivity index (χ1n) is 10.0. The number of amides is 1. The van der Waals surface area contributed by atoms with Crippen LogP contribution in [0, 0.1) is 12.7 Å². The van der Waals surface area contributed by atoms with Gasteiger partial charge in [-0.2, -0.15) is 5.10 Å². The molecule has 0 radical (unpaired) electrons. The van der Waals surface area contributed by atoms with Gasteiger partial charge in [0.2, 0.25) is 11.8 Å². The van der Waals surface area contributed by atoms with Gasteiger partial charge in [-0.3, -0.25) is 9.59 Å². The van der Waals surface area contributed by atoms with Crippen LogP contribution in [-0.4, -0.2) is 32.1 Å². The highest BCUT2D eigenvalue weighted by Gasteiger charge is 2.31. The molecule has 1 amide bonds. The Morgan fingerprint density at radius 2 is 2.13 bits per heavy atom. The van der Waals surface area contributed by atoms with Crippen molar-refractivity contribution in [3.05, 3.63) is 81.7 Å². The Labute approximate surface area is 173 Å². The Kier molecular flexibility index (Phi) is 5.74. The number of aryl methyl sites for hydroxylation is 1. The van der Waals surface area contributed by atoms with Gasteiger partial charge in [-0.1, -0.05) is 12.1 Å². The van der Waals surface area contributed by atoms with Crippen LogP contribution in [0.3, 0.4) is 0 Å². The van der Waals surface area contributed by atoms with E-state index >= 15 is 0 Å². The molecule has 0 bridgehead atoms. The summed E-state index contributed by atoms with van der Waals surface area (Å²) in [4.78, 5) is 31.1. The predicted molar refractivity (Wildman–Crippen MR) is 107 cm³/mol. The van der Waals surface area contributed by atoms with Gasteiger partial charge in [0.25, 0.3) is 5.56 Å². The molecule has 1 saturated heterocycles. The van der Waals surface area contributed by atoms with Crippen LogP contribution in [0.15, 0.2) is 51.8 Å². The van der Waals surface area contributed by atoms with E-state index in [-0.39, 0.29) is 29.9 Å². The first-order chi connectivity index (χ1) is 14.5. The average molecular weight is 410 g/mol. The van der Waals surface area contributed by atoms with E-state index in [0.717, 1.165) is 24.8 Å². The highest BCUT2D eigenvalue weighted by Crippen LogP contribution is 2.31. The third-order valence-corrected chi connectivity index (χ3v) is 5.23. The lowest BCUT2D eigenvalue weighted by Crippen LogP contribution is -2.42. The van der Waals surface area contributed by atoms with Crippen LogP contribution in [0.5, 0.6) is 0 Å². The highest BCUT2D eigenvalue weighted by atomic mass is 19.1. The summed E-state index contributed by atoms with van der Waals surface area (Å²) < 4.78 is 20.5. The van der Waals surface area contributed by atoms with E-state index in [0.29, 0.717) is 30.3 Å². The minimum atomic E-state index is -0.309. The van der Waals surface area contributed by atoms with Gasteiger partial charge in [0.15, 0.2) is 0 Å². The molecule has 1 atom stereocenters. The lowest BCUT2D eigenvalue weighted by molar-refractivity contribution is -0.136. The van der Waals surface area contributed by atoms with Crippen molar-refractivity contribution >= 4 is 5.91 Å². The number of halogens is 1. The normalized spacial score (nSPS) is 16.6. The van der Waals surface area contributed by atoms with Gasteiger partial charge in [-0.25, -0.2) is 14.1 Å². The topological polar surface area (TPSA) is 81.2 Å². The van der Waals surface area contributed by atoms with Crippen molar-refractivity contribution in [2.24, 2.45) is 0 Å². The second-order valence-electron chi connectivity index (χ2n) is 7.54. The largest absolute Gasteiger partial charge is 0.443 e. The lowest BCUT2D eigenvalue weighted by Gasteiger charge is -2.33. The summed E-state index contributed by atoms with van der Waals surface area (Å²) in [5, 5.41) is 4.15. The number of carbonyl (C=O) groups is 1. The first-order valence-corrected chi connectivity index (χ1v) is 10.0. The molecule has 3 aromatic rings. The minimum Gasteiger partial charge on any atom is -0.443 e. The third kappa shape index (κ3) is 4.48. The Morgan fingerprint density at radius 1 is 1.27 bits per heavy atom. The second kappa shape index (κ2) is 8.61. The number of nitrogens with zero attached hydrogens (tertiary/aromatic N) is 4. The maximum absolute atomic E-state index is 13.4. The van der Waals surface area contributed by atoms with Crippen LogP contribution in [0.2, 0.25) is 0 Å². The smallest absolute Gasteiger partial charge is 0.267 e. The van der Waals surface area contributed by atoms with Crippen molar-refractivity contribution in [2.75, 3.05) is 6.54 Å². The molecule has 0 spiro atoms. The van der Waals surface area contributed by atoms with Gasteiger partial charge < -0.3 is 9.32 Å². The second-order valence-corrected chi connectivity index (χ2v) is 7.54. The Bertz CT molecular complexity index is 1110. The molecule has 8 heteroatoms. The zero-order valence-corrected chi connectivity index (χ0v) is 16.8. The van der Waals surface area contributed by atoms with Crippen LogP contribution in [0.1, 0.15) is 48.2 Å². The maximum atomic E-state index is 13.4. The van der Waals surface area contributed by atoms with E-state index in [4.69, 9.17) is 4.42 Å². The number of carbonyl (C=O) groups excluding carboxylic acids is 1. The number of likely N-dealkylation sites (tertiary alicyclic amines) is 1. The number of benzene rings is 1. The van der Waals surface area contributed by atoms with Crippen molar-refractivity contribution in [3.63, 3.8) is 0 Å². The summed E-state index contributed by atoms with van der Waals surface area (Å²) in [5.41, 5.74) is 1.16. The number of hydrogen-bond donors (Lipinski definition) is 0. The molecule has 0 saturated carbocycles. The molecule has 0 aliphatic carbocycles. The average Bonchev–Trinajstić information content (AvgIpc) is 3.19. The van der Waals surface area contributed by atoms with Gasteiger partial charge in [-0.15, -0.1) is 0 Å². The number of aromatic nitrogens is 3. The van der Waals surface area contributed by atoms with E-state index in [2.05, 4.69) is 10.1 Å². The van der Waals surface area contributed by atoms with E-state index in [9.17, 15) is 14.0 Å². The molecule has 3 heterocycles. The standard InChI is InChI=1S/C22H23FN4O3/c1-15-8-9-20(28)27(25-15)14-21(29)26-10-3-2-7-19(26)22-24-13-18(30-22)12-16-5-4-6-17(23)11-16/h4-6,8-9,11,13,19H,2-3,7,10,12,14H2,1H3. The molecular formula is C22H23FN4O3. The SMILES string of the molecule is Cc1ccc(=O)n(CC(=O)N2CCCCC2c2ncc(Cc3cccc(F)c3)o2)n1. The van der Waals surface area contributed by atoms with Crippen molar-refractivity contribution < 1.29 is 13.6 Å². The van der Waals surface area contributed by atoms with Crippen LogP contribution in [0.4, 0.5) is 4.39 Å². The Morgan fingerprint density at radius 3 is 2.97 bits per heavy atom. The zero-order valence-electron chi connectivity index (χ0n) is 16.8. The van der Waals surface area contributed by atoms with Crippen molar-refractivity contribution in [1.29, 1.82) is 0 Å². The molecule has 7 nitrogen and oxygen atoms in total. The maximum Gasteiger partial charge on any atom is 0.267 e. The van der Waals surface area contributed by atoms with Crippen molar-refractivity contribution in [3.8, 4) is 0 Å². The zero-order chi connectivity index (χ0) is 21.1. The molecule has 1 fully saturated rings. The van der Waals surface area contributed by atoms with E-state index in [1.165, 1.54) is 22.9 Å². The predicted octanol–water partition coefficient (Wildman–Crippen LogP) is 3.02. The molecule has 1 aliphatic rings. The fourth-order valence-corrected chi connectivity index (χ4v) is 3.78. The Hall–Kier alpha value is -3.29. The van der Waals surface area contributed by atoms with Crippen molar-refractivity contribution in [1.82, 2.24) is 19.7 Å². The highest BCUT2D eigenvalue weighted by molar-refractivity contribution is 5.76. The van der Waals surface area contributed by atoms with E-state index in [1.54, 1.807) is 30.2 Å². The molecular weight excluding hydrogens is 387 g/mol. The summed E-state index contributed by atoms with van der Waals surface area (Å²) in [6.07, 6.45) is 4.63. The molecule has 1 unspecified atom stereocenters. The van der Waals surface area contributed by atoms with Crippen LogP contribution in [-0.2, 0) is 17.8 Å². The molecule has 0 N–H and O–H groups in total. The fourth-order valence-electron chi connectivity index (χ4n) is 3.78. The first kappa shape index (κ1) is 20.0. The van der Waals surface area contributed by atoms with Crippen LogP contribution >= 0.6 is 0 Å². The molecule has 1 aromatic carbocycles. The number of rotatable bonds is 5. The summed E-state index contributed by atoms with van der Waals surface area (Å²) in [6, 6.07) is 9.10. The fraction of sp³-hybridized carbons (Fsp3) is 0.364. The van der Waals surface area contributed by atoms with E-state index < -0.39 is 0 Å². The third-order valence-electron chi connectivity index (χ3n) is 5.23. The molecule has 30 heavy (non-hydrogen) atoms. The molecule has 1 aliphatic heterocycles. The summed E-state index contributed by atoms with van der Waals surface area (Å²) >= 11 is 0. The van der Waals surface area contributed by atoms with Crippen LogP contribution < -0.4 is 5.56 Å². The van der Waals surface area contributed by atoms with Gasteiger partial charge in [0.05, 0.1) is 11.9 Å². The summed E-state index contributed by atoms with van der Waals surface area (Å²) in [7, 11) is 0. The monoisotopic (exact) mass is 410 g/mol. The molecule has 156 valence electrons. The molecule has 4 rings (SSSR count). The van der Waals surface area contributed by atoms with Gasteiger partial charge >= 0.3 is 0 Å². The summed E-state index contributed by atoms with van der Waals surface area (Å²) in [6.45, 7) is 2.23. The van der Waals surface area contributed by atoms with Gasteiger partial charge in [0, 0.05) is 19.0 Å². The number of oxazole rings is 1.